The second-order valence-electron chi connectivity index (χ2n) is 4.15. The van der Waals surface area contributed by atoms with Crippen LogP contribution in [0.3, 0.4) is 0 Å². The van der Waals surface area contributed by atoms with Crippen LogP contribution in [0, 0.1) is 0 Å². The summed E-state index contributed by atoms with van der Waals surface area (Å²) in [4.78, 5) is 3.87. The van der Waals surface area contributed by atoms with E-state index < -0.39 is 10.0 Å². The lowest BCUT2D eigenvalue weighted by atomic mass is 10.2. The Kier molecular flexibility index (Phi) is 5.01. The first-order chi connectivity index (χ1) is 9.46. The fraction of sp³-hybridized carbons (Fsp3) is 0.154. The van der Waals surface area contributed by atoms with E-state index in [1.54, 1.807) is 6.07 Å². The van der Waals surface area contributed by atoms with Crippen molar-refractivity contribution < 1.29 is 8.42 Å². The molecule has 2 aromatic rings. The van der Waals surface area contributed by atoms with Gasteiger partial charge >= 0.3 is 0 Å². The number of hydrogen-bond acceptors (Lipinski definition) is 3. The summed E-state index contributed by atoms with van der Waals surface area (Å²) in [6, 6.07) is 11.0. The lowest BCUT2D eigenvalue weighted by molar-refractivity contribution is 0.600. The lowest BCUT2D eigenvalue weighted by Gasteiger charge is -2.08. The van der Waals surface area contributed by atoms with Gasteiger partial charge in [-0.1, -0.05) is 41.9 Å². The summed E-state index contributed by atoms with van der Waals surface area (Å²) < 4.78 is 27.0. The van der Waals surface area contributed by atoms with E-state index in [0.717, 1.165) is 5.56 Å². The Bertz CT molecular complexity index is 693. The molecule has 0 bridgehead atoms. The summed E-state index contributed by atoms with van der Waals surface area (Å²) in [6.07, 6.45) is 1.84. The summed E-state index contributed by atoms with van der Waals surface area (Å²) in [5.41, 5.74) is 1.36. The molecule has 4 nitrogen and oxygen atoms in total. The van der Waals surface area contributed by atoms with Gasteiger partial charge in [0.15, 0.2) is 0 Å². The predicted molar refractivity (Wildman–Crippen MR) is 84.5 cm³/mol. The average Bonchev–Trinajstić information content (AvgIpc) is 2.42. The van der Waals surface area contributed by atoms with E-state index in [-0.39, 0.29) is 10.9 Å². The van der Waals surface area contributed by atoms with Crippen molar-refractivity contribution in [2.75, 3.05) is 10.5 Å². The molecule has 0 saturated carbocycles. The van der Waals surface area contributed by atoms with Crippen molar-refractivity contribution in [2.24, 2.45) is 0 Å². The number of aromatic nitrogens is 1. The van der Waals surface area contributed by atoms with Crippen LogP contribution in [0.5, 0.6) is 0 Å². The molecule has 20 heavy (non-hydrogen) atoms. The first-order valence-electron chi connectivity index (χ1n) is 5.82. The van der Waals surface area contributed by atoms with Gasteiger partial charge in [0, 0.05) is 0 Å². The first kappa shape index (κ1) is 15.3. The van der Waals surface area contributed by atoms with Crippen LogP contribution in [0.25, 0.3) is 0 Å². The van der Waals surface area contributed by atoms with Crippen molar-refractivity contribution in [1.82, 2.24) is 4.98 Å². The van der Waals surface area contributed by atoms with Gasteiger partial charge < -0.3 is 0 Å². The highest BCUT2D eigenvalue weighted by molar-refractivity contribution is 9.10. The Morgan fingerprint density at radius 2 is 1.95 bits per heavy atom. The molecule has 1 heterocycles. The van der Waals surface area contributed by atoms with Crippen molar-refractivity contribution >= 4 is 43.2 Å². The molecule has 1 N–H and O–H groups in total. The van der Waals surface area contributed by atoms with Gasteiger partial charge in [-0.2, -0.15) is 0 Å². The Hall–Kier alpha value is -1.11. The molecule has 0 fully saturated rings. The molecular weight excluding hydrogens is 364 g/mol. The summed E-state index contributed by atoms with van der Waals surface area (Å²) in [5.74, 6) is 0.0112. The van der Waals surface area contributed by atoms with E-state index in [9.17, 15) is 8.42 Å². The molecule has 0 atom stereocenters. The molecule has 0 unspecified atom stereocenters. The van der Waals surface area contributed by atoms with Gasteiger partial charge in [0.1, 0.15) is 5.15 Å². The molecule has 7 heteroatoms. The molecule has 1 aromatic carbocycles. The van der Waals surface area contributed by atoms with Gasteiger partial charge in [0.25, 0.3) is 0 Å². The number of sulfonamides is 1. The molecule has 106 valence electrons. The fourth-order valence-corrected chi connectivity index (χ4v) is 3.13. The van der Waals surface area contributed by atoms with Crippen LogP contribution in [-0.2, 0) is 16.4 Å². The van der Waals surface area contributed by atoms with E-state index >= 15 is 0 Å². The minimum atomic E-state index is -3.42. The Morgan fingerprint density at radius 3 is 2.60 bits per heavy atom. The number of benzene rings is 1. The molecule has 0 spiro atoms. The van der Waals surface area contributed by atoms with Gasteiger partial charge in [-0.05, 0) is 34.0 Å². The maximum atomic E-state index is 12.0. The van der Waals surface area contributed by atoms with Crippen molar-refractivity contribution in [3.8, 4) is 0 Å². The maximum absolute atomic E-state index is 12.0. The second kappa shape index (κ2) is 6.56. The third-order valence-electron chi connectivity index (χ3n) is 2.57. The van der Waals surface area contributed by atoms with E-state index in [4.69, 9.17) is 11.6 Å². The van der Waals surface area contributed by atoms with Crippen LogP contribution in [0.4, 0.5) is 5.69 Å². The first-order valence-corrected chi connectivity index (χ1v) is 8.64. The Labute approximate surface area is 131 Å². The van der Waals surface area contributed by atoms with Crippen molar-refractivity contribution in [1.29, 1.82) is 0 Å². The van der Waals surface area contributed by atoms with Crippen LogP contribution < -0.4 is 4.72 Å². The molecule has 0 radical (unpaired) electrons. The summed E-state index contributed by atoms with van der Waals surface area (Å²) in [7, 11) is -3.42. The van der Waals surface area contributed by atoms with E-state index in [1.807, 2.05) is 30.3 Å². The molecule has 0 saturated heterocycles. The van der Waals surface area contributed by atoms with Crippen molar-refractivity contribution in [2.45, 2.75) is 6.42 Å². The highest BCUT2D eigenvalue weighted by Gasteiger charge is 2.12. The largest absolute Gasteiger partial charge is 0.282 e. The Balaban J connectivity index is 2.02. The topological polar surface area (TPSA) is 59.1 Å². The minimum absolute atomic E-state index is 0.0112. The zero-order valence-electron chi connectivity index (χ0n) is 10.4. The van der Waals surface area contributed by atoms with Gasteiger partial charge in [0.2, 0.25) is 10.0 Å². The van der Waals surface area contributed by atoms with Gasteiger partial charge in [-0.15, -0.1) is 0 Å². The number of aryl methyl sites for hydroxylation is 1. The number of nitrogens with zero attached hydrogens (tertiary/aromatic N) is 1. The van der Waals surface area contributed by atoms with Crippen molar-refractivity contribution in [3.05, 3.63) is 57.8 Å². The molecule has 0 aliphatic carbocycles. The number of halogens is 2. The highest BCUT2D eigenvalue weighted by Crippen LogP contribution is 2.23. The SMILES string of the molecule is O=S(=O)(CCc1ccccc1)Nc1cnc(Cl)c(Br)c1. The predicted octanol–water partition coefficient (Wildman–Crippen LogP) is 3.48. The minimum Gasteiger partial charge on any atom is -0.282 e. The number of rotatable bonds is 5. The summed E-state index contributed by atoms with van der Waals surface area (Å²) in [6.45, 7) is 0. The average molecular weight is 376 g/mol. The van der Waals surface area contributed by atoms with Crippen LogP contribution in [0.15, 0.2) is 47.1 Å². The lowest BCUT2D eigenvalue weighted by Crippen LogP contribution is -2.18. The number of nitrogens with one attached hydrogen (secondary N) is 1. The molecule has 0 aliphatic heterocycles. The smallest absolute Gasteiger partial charge is 0.233 e. The highest BCUT2D eigenvalue weighted by atomic mass is 79.9. The van der Waals surface area contributed by atoms with E-state index in [0.29, 0.717) is 16.6 Å². The number of pyridine rings is 1. The zero-order chi connectivity index (χ0) is 14.6. The normalized spacial score (nSPS) is 11.3. The maximum Gasteiger partial charge on any atom is 0.233 e. The molecule has 2 rings (SSSR count). The molecular formula is C13H12BrClN2O2S. The number of hydrogen-bond donors (Lipinski definition) is 1. The van der Waals surface area contributed by atoms with Crippen LogP contribution in [0.2, 0.25) is 5.15 Å². The van der Waals surface area contributed by atoms with Gasteiger partial charge in [-0.25, -0.2) is 13.4 Å². The van der Waals surface area contributed by atoms with E-state index in [1.165, 1.54) is 6.20 Å². The third kappa shape index (κ3) is 4.47. The fourth-order valence-electron chi connectivity index (χ4n) is 1.60. The van der Waals surface area contributed by atoms with Crippen LogP contribution in [-0.4, -0.2) is 19.2 Å². The monoisotopic (exact) mass is 374 g/mol. The van der Waals surface area contributed by atoms with E-state index in [2.05, 4.69) is 25.6 Å². The van der Waals surface area contributed by atoms with Crippen LogP contribution >= 0.6 is 27.5 Å². The third-order valence-corrected chi connectivity index (χ3v) is 4.99. The number of anilines is 1. The summed E-state index contributed by atoms with van der Waals surface area (Å²) in [5, 5.41) is 0.289. The molecule has 1 aromatic heterocycles. The zero-order valence-corrected chi connectivity index (χ0v) is 13.5. The Morgan fingerprint density at radius 1 is 1.25 bits per heavy atom. The molecule has 0 aliphatic rings. The quantitative estimate of drug-likeness (QED) is 0.814. The van der Waals surface area contributed by atoms with Crippen molar-refractivity contribution in [3.63, 3.8) is 0 Å². The second-order valence-corrected chi connectivity index (χ2v) is 7.21. The van der Waals surface area contributed by atoms with Crippen LogP contribution in [0.1, 0.15) is 5.56 Å². The van der Waals surface area contributed by atoms with Gasteiger partial charge in [0.05, 0.1) is 22.1 Å². The standard InChI is InChI=1S/C13H12BrClN2O2S/c14-12-8-11(9-16-13(12)15)17-20(18,19)7-6-10-4-2-1-3-5-10/h1-5,8-9,17H,6-7H2. The molecule has 0 amide bonds. The van der Waals surface area contributed by atoms with Gasteiger partial charge in [-0.3, -0.25) is 4.72 Å². The summed E-state index contributed by atoms with van der Waals surface area (Å²) >= 11 is 8.96.